The molecule has 6 nitrogen and oxygen atoms in total. The summed E-state index contributed by atoms with van der Waals surface area (Å²) in [5.41, 5.74) is 4.09. The van der Waals surface area contributed by atoms with Crippen LogP contribution in [-0.2, 0) is 9.84 Å². The van der Waals surface area contributed by atoms with Gasteiger partial charge in [0.15, 0.2) is 15.7 Å². The van der Waals surface area contributed by atoms with Gasteiger partial charge in [-0.25, -0.2) is 8.42 Å². The molecule has 1 saturated heterocycles. The predicted molar refractivity (Wildman–Crippen MR) is 62.6 cm³/mol. The first-order valence-electron chi connectivity index (χ1n) is 5.49. The summed E-state index contributed by atoms with van der Waals surface area (Å²) in [5.74, 6) is -3.39. The Morgan fingerprint density at radius 3 is 2.53 bits per heavy atom. The normalized spacial score (nSPS) is 29.4. The van der Waals surface area contributed by atoms with Gasteiger partial charge in [0.05, 0.1) is 11.5 Å². The van der Waals surface area contributed by atoms with Crippen LogP contribution >= 0.6 is 0 Å². The largest absolute Gasteiger partial charge is 0.409 e. The Morgan fingerprint density at radius 1 is 1.58 bits per heavy atom. The van der Waals surface area contributed by atoms with Gasteiger partial charge in [-0.3, -0.25) is 0 Å². The van der Waals surface area contributed by atoms with Crippen molar-refractivity contribution in [1.29, 1.82) is 0 Å². The molecule has 1 aliphatic heterocycles. The maximum atomic E-state index is 12.7. The SMILES string of the molecule is CC1(NCC(C(N)=NO)C(F)(F)F)CCS(=O)(=O)C1. The third-order valence-corrected chi connectivity index (χ3v) is 5.01. The molecule has 0 amide bonds. The zero-order valence-corrected chi connectivity index (χ0v) is 11.1. The fourth-order valence-corrected chi connectivity index (χ4v) is 4.08. The first-order chi connectivity index (χ1) is 8.49. The monoisotopic (exact) mass is 303 g/mol. The van der Waals surface area contributed by atoms with E-state index in [1.54, 1.807) is 0 Å². The molecule has 0 aromatic carbocycles. The van der Waals surface area contributed by atoms with Gasteiger partial charge in [0.2, 0.25) is 0 Å². The lowest BCUT2D eigenvalue weighted by Crippen LogP contribution is -2.51. The fraction of sp³-hybridized carbons (Fsp3) is 0.889. The van der Waals surface area contributed by atoms with Crippen LogP contribution in [0.1, 0.15) is 13.3 Å². The highest BCUT2D eigenvalue weighted by atomic mass is 32.2. The van der Waals surface area contributed by atoms with Gasteiger partial charge in [0.1, 0.15) is 5.92 Å². The van der Waals surface area contributed by atoms with Gasteiger partial charge in [-0.15, -0.1) is 0 Å². The Hall–Kier alpha value is -1.03. The standard InChI is InChI=1S/C9H16F3N3O3S/c1-8(2-3-19(17,18)5-8)14-4-6(7(13)15-16)9(10,11)12/h6,14,16H,2-5H2,1H3,(H2,13,15). The fourth-order valence-electron chi connectivity index (χ4n) is 1.96. The molecule has 1 aliphatic rings. The lowest BCUT2D eigenvalue weighted by Gasteiger charge is -2.27. The second kappa shape index (κ2) is 5.16. The van der Waals surface area contributed by atoms with Gasteiger partial charge in [-0.1, -0.05) is 5.16 Å². The van der Waals surface area contributed by atoms with E-state index in [4.69, 9.17) is 10.9 Å². The number of nitrogens with zero attached hydrogens (tertiary/aromatic N) is 1. The van der Waals surface area contributed by atoms with Crippen molar-refractivity contribution in [3.8, 4) is 0 Å². The third kappa shape index (κ3) is 4.23. The van der Waals surface area contributed by atoms with Gasteiger partial charge >= 0.3 is 6.18 Å². The van der Waals surface area contributed by atoms with Crippen LogP contribution in [0.15, 0.2) is 5.16 Å². The molecule has 0 aromatic heterocycles. The third-order valence-electron chi connectivity index (χ3n) is 3.10. The van der Waals surface area contributed by atoms with Crippen LogP contribution in [-0.4, -0.2) is 49.2 Å². The zero-order chi connectivity index (χ0) is 14.9. The number of amidine groups is 1. The molecular weight excluding hydrogens is 287 g/mol. The van der Waals surface area contributed by atoms with Crippen molar-refractivity contribution >= 4 is 15.7 Å². The first-order valence-corrected chi connectivity index (χ1v) is 7.31. The highest BCUT2D eigenvalue weighted by Gasteiger charge is 2.45. The number of sulfone groups is 1. The van der Waals surface area contributed by atoms with Crippen molar-refractivity contribution in [2.45, 2.75) is 25.1 Å². The molecule has 0 spiro atoms. The Labute approximate surface area is 108 Å². The van der Waals surface area contributed by atoms with E-state index in [1.807, 2.05) is 0 Å². The lowest BCUT2D eigenvalue weighted by atomic mass is 10.00. The Balaban J connectivity index is 2.73. The number of nitrogens with two attached hydrogens (primary N) is 1. The molecule has 0 bridgehead atoms. The van der Waals surface area contributed by atoms with Crippen LogP contribution in [0.2, 0.25) is 0 Å². The molecule has 4 N–H and O–H groups in total. The summed E-state index contributed by atoms with van der Waals surface area (Å²) < 4.78 is 60.7. The molecule has 2 unspecified atom stereocenters. The second-order valence-electron chi connectivity index (χ2n) is 4.90. The van der Waals surface area contributed by atoms with E-state index in [0.29, 0.717) is 0 Å². The summed E-state index contributed by atoms with van der Waals surface area (Å²) in [6.07, 6.45) is -4.44. The van der Waals surface area contributed by atoms with Crippen molar-refractivity contribution in [2.75, 3.05) is 18.1 Å². The minimum Gasteiger partial charge on any atom is -0.409 e. The summed E-state index contributed by atoms with van der Waals surface area (Å²) in [4.78, 5) is 0. The molecule has 19 heavy (non-hydrogen) atoms. The van der Waals surface area contributed by atoms with E-state index >= 15 is 0 Å². The van der Waals surface area contributed by atoms with Gasteiger partial charge < -0.3 is 16.3 Å². The van der Waals surface area contributed by atoms with E-state index in [-0.39, 0.29) is 17.9 Å². The van der Waals surface area contributed by atoms with Crippen molar-refractivity contribution in [2.24, 2.45) is 16.8 Å². The molecule has 1 rings (SSSR count). The number of oxime groups is 1. The predicted octanol–water partition coefficient (Wildman–Crippen LogP) is 0.0781. The van der Waals surface area contributed by atoms with Crippen molar-refractivity contribution < 1.29 is 26.8 Å². The molecule has 112 valence electrons. The van der Waals surface area contributed by atoms with E-state index in [9.17, 15) is 21.6 Å². The topological polar surface area (TPSA) is 105 Å². The molecule has 1 heterocycles. The van der Waals surface area contributed by atoms with Crippen molar-refractivity contribution in [1.82, 2.24) is 5.32 Å². The van der Waals surface area contributed by atoms with Crippen molar-refractivity contribution in [3.05, 3.63) is 0 Å². The Kier molecular flexibility index (Phi) is 4.35. The summed E-state index contributed by atoms with van der Waals surface area (Å²) in [6.45, 7) is 0.905. The van der Waals surface area contributed by atoms with Gasteiger partial charge in [0.25, 0.3) is 0 Å². The van der Waals surface area contributed by atoms with Crippen LogP contribution < -0.4 is 11.1 Å². The average molecular weight is 303 g/mol. The van der Waals surface area contributed by atoms with Crippen LogP contribution in [0.3, 0.4) is 0 Å². The molecule has 0 aliphatic carbocycles. The zero-order valence-electron chi connectivity index (χ0n) is 10.2. The lowest BCUT2D eigenvalue weighted by molar-refractivity contribution is -0.155. The van der Waals surface area contributed by atoms with Crippen LogP contribution in [0, 0.1) is 5.92 Å². The van der Waals surface area contributed by atoms with E-state index in [1.165, 1.54) is 6.92 Å². The maximum absolute atomic E-state index is 12.7. The highest BCUT2D eigenvalue weighted by Crippen LogP contribution is 2.28. The Bertz CT molecular complexity index is 463. The summed E-state index contributed by atoms with van der Waals surface area (Å²) in [6, 6.07) is 0. The van der Waals surface area contributed by atoms with Gasteiger partial charge in [0, 0.05) is 12.1 Å². The summed E-state index contributed by atoms with van der Waals surface area (Å²) in [7, 11) is -3.22. The first kappa shape index (κ1) is 16.0. The molecule has 10 heteroatoms. The summed E-state index contributed by atoms with van der Waals surface area (Å²) in [5, 5.41) is 13.3. The number of rotatable bonds is 4. The highest BCUT2D eigenvalue weighted by molar-refractivity contribution is 7.91. The average Bonchev–Trinajstić information content (AvgIpc) is 2.51. The van der Waals surface area contributed by atoms with Crippen LogP contribution in [0.5, 0.6) is 0 Å². The second-order valence-corrected chi connectivity index (χ2v) is 7.09. The van der Waals surface area contributed by atoms with Gasteiger partial charge in [-0.05, 0) is 13.3 Å². The van der Waals surface area contributed by atoms with E-state index in [0.717, 1.165) is 0 Å². The molecule has 2 atom stereocenters. The maximum Gasteiger partial charge on any atom is 0.400 e. The van der Waals surface area contributed by atoms with E-state index < -0.39 is 39.9 Å². The summed E-state index contributed by atoms with van der Waals surface area (Å²) >= 11 is 0. The number of alkyl halides is 3. The van der Waals surface area contributed by atoms with Gasteiger partial charge in [-0.2, -0.15) is 13.2 Å². The van der Waals surface area contributed by atoms with Crippen molar-refractivity contribution in [3.63, 3.8) is 0 Å². The number of nitrogens with one attached hydrogen (secondary N) is 1. The van der Waals surface area contributed by atoms with Crippen LogP contribution in [0.4, 0.5) is 13.2 Å². The van der Waals surface area contributed by atoms with E-state index in [2.05, 4.69) is 10.5 Å². The number of hydrogen-bond donors (Lipinski definition) is 3. The van der Waals surface area contributed by atoms with Crippen LogP contribution in [0.25, 0.3) is 0 Å². The molecule has 0 aromatic rings. The molecule has 0 radical (unpaired) electrons. The Morgan fingerprint density at radius 2 is 2.16 bits per heavy atom. The minimum atomic E-state index is -4.67. The molecule has 1 fully saturated rings. The minimum absolute atomic E-state index is 0.0588. The number of hydrogen-bond acceptors (Lipinski definition) is 5. The molecular formula is C9H16F3N3O3S. The quantitative estimate of drug-likeness (QED) is 0.295. The number of halogens is 3. The molecule has 0 saturated carbocycles. The smallest absolute Gasteiger partial charge is 0.400 e.